The Hall–Kier alpha value is -1.82. The first kappa shape index (κ1) is 13.8. The smallest absolute Gasteiger partial charge is 0.315 e. The summed E-state index contributed by atoms with van der Waals surface area (Å²) in [5.41, 5.74) is 0.930. The van der Waals surface area contributed by atoms with Gasteiger partial charge in [0.05, 0.1) is 6.04 Å². The lowest BCUT2D eigenvalue weighted by atomic mass is 10.0. The summed E-state index contributed by atoms with van der Waals surface area (Å²) >= 11 is 0. The van der Waals surface area contributed by atoms with Crippen molar-refractivity contribution >= 4 is 6.03 Å². The Morgan fingerprint density at radius 1 is 1.32 bits per heavy atom. The van der Waals surface area contributed by atoms with E-state index in [9.17, 15) is 9.18 Å². The van der Waals surface area contributed by atoms with Gasteiger partial charge >= 0.3 is 6.03 Å². The van der Waals surface area contributed by atoms with Crippen LogP contribution in [0.25, 0.3) is 0 Å². The molecule has 0 radical (unpaired) electrons. The highest BCUT2D eigenvalue weighted by atomic mass is 19.1. The van der Waals surface area contributed by atoms with Crippen molar-refractivity contribution in [2.75, 3.05) is 13.2 Å². The van der Waals surface area contributed by atoms with E-state index in [0.29, 0.717) is 30.7 Å². The van der Waals surface area contributed by atoms with Crippen LogP contribution in [0.2, 0.25) is 0 Å². The van der Waals surface area contributed by atoms with Gasteiger partial charge in [-0.05, 0) is 43.4 Å². The van der Waals surface area contributed by atoms with Crippen molar-refractivity contribution in [3.8, 4) is 5.75 Å². The number of benzene rings is 1. The van der Waals surface area contributed by atoms with Gasteiger partial charge in [-0.25, -0.2) is 9.18 Å². The fourth-order valence-corrected chi connectivity index (χ4v) is 3.85. The summed E-state index contributed by atoms with van der Waals surface area (Å²) < 4.78 is 18.7. The van der Waals surface area contributed by atoms with E-state index in [2.05, 4.69) is 16.0 Å². The highest BCUT2D eigenvalue weighted by molar-refractivity contribution is 5.75. The first-order chi connectivity index (χ1) is 10.7. The molecule has 3 N–H and O–H groups in total. The lowest BCUT2D eigenvalue weighted by Crippen LogP contribution is -2.54. The molecule has 2 aliphatic heterocycles. The van der Waals surface area contributed by atoms with Gasteiger partial charge in [0.1, 0.15) is 18.2 Å². The van der Waals surface area contributed by atoms with Crippen molar-refractivity contribution in [1.29, 1.82) is 0 Å². The fourth-order valence-electron chi connectivity index (χ4n) is 3.85. The van der Waals surface area contributed by atoms with E-state index in [1.807, 2.05) is 0 Å². The maximum Gasteiger partial charge on any atom is 0.315 e. The molecule has 1 aromatic rings. The van der Waals surface area contributed by atoms with E-state index >= 15 is 0 Å². The van der Waals surface area contributed by atoms with E-state index in [0.717, 1.165) is 24.9 Å². The first-order valence-electron chi connectivity index (χ1n) is 7.89. The van der Waals surface area contributed by atoms with Gasteiger partial charge in [-0.3, -0.25) is 0 Å². The lowest BCUT2D eigenvalue weighted by molar-refractivity contribution is 0.209. The van der Waals surface area contributed by atoms with E-state index in [-0.39, 0.29) is 23.9 Å². The number of carbonyl (C=O) groups is 1. The summed E-state index contributed by atoms with van der Waals surface area (Å²) in [4.78, 5) is 12.1. The van der Waals surface area contributed by atoms with Gasteiger partial charge in [0.25, 0.3) is 0 Å². The van der Waals surface area contributed by atoms with E-state index < -0.39 is 0 Å². The molecule has 3 aliphatic rings. The van der Waals surface area contributed by atoms with Crippen LogP contribution in [-0.4, -0.2) is 37.3 Å². The van der Waals surface area contributed by atoms with Crippen LogP contribution in [0.1, 0.15) is 18.4 Å². The minimum atomic E-state index is -0.299. The fraction of sp³-hybridized carbons (Fsp3) is 0.562. The number of hydrogen-bond donors (Lipinski definition) is 3. The summed E-state index contributed by atoms with van der Waals surface area (Å²) in [6.07, 6.45) is 2.89. The average Bonchev–Trinajstić information content (AvgIpc) is 3.10. The number of hydrogen-bond acceptors (Lipinski definition) is 3. The minimum absolute atomic E-state index is 0.0792. The third kappa shape index (κ3) is 2.63. The SMILES string of the molecule is O=C(NC1COc2cc(F)ccc2C1)N[C@@H]1C[C@H]2CN[C@@H]1C2. The van der Waals surface area contributed by atoms with E-state index in [1.165, 1.54) is 12.1 Å². The number of fused-ring (bicyclic) bond motifs is 3. The molecule has 1 aromatic carbocycles. The van der Waals surface area contributed by atoms with Gasteiger partial charge < -0.3 is 20.7 Å². The van der Waals surface area contributed by atoms with Crippen molar-refractivity contribution < 1.29 is 13.9 Å². The molecule has 0 spiro atoms. The van der Waals surface area contributed by atoms with Crippen LogP contribution < -0.4 is 20.7 Å². The number of piperidine rings is 1. The Morgan fingerprint density at radius 3 is 3.00 bits per heavy atom. The largest absolute Gasteiger partial charge is 0.491 e. The van der Waals surface area contributed by atoms with Crippen LogP contribution in [-0.2, 0) is 6.42 Å². The Bertz CT molecular complexity index is 595. The predicted molar refractivity (Wildman–Crippen MR) is 79.4 cm³/mol. The number of amides is 2. The zero-order chi connectivity index (χ0) is 15.1. The molecule has 1 aliphatic carbocycles. The van der Waals surface area contributed by atoms with E-state index in [1.54, 1.807) is 6.07 Å². The van der Waals surface area contributed by atoms with Crippen molar-refractivity contribution in [2.24, 2.45) is 5.92 Å². The summed E-state index contributed by atoms with van der Waals surface area (Å²) in [6.45, 7) is 1.45. The van der Waals surface area contributed by atoms with Gasteiger partial charge in [0.15, 0.2) is 0 Å². The van der Waals surface area contributed by atoms with Crippen molar-refractivity contribution in [1.82, 2.24) is 16.0 Å². The normalized spacial score (nSPS) is 32.2. The summed E-state index contributed by atoms with van der Waals surface area (Å²) in [5, 5.41) is 9.46. The average molecular weight is 305 g/mol. The van der Waals surface area contributed by atoms with Crippen molar-refractivity contribution in [3.63, 3.8) is 0 Å². The second-order valence-corrected chi connectivity index (χ2v) is 6.54. The maximum absolute atomic E-state index is 13.1. The standard InChI is InChI=1S/C16H20FN3O2/c17-11-2-1-10-5-12(8-22-15(10)6-11)19-16(21)20-14-4-9-3-13(14)18-7-9/h1-2,6,9,12-14,18H,3-5,7-8H2,(H2,19,20,21)/t9-,12?,13+,14+/m0/s1. The van der Waals surface area contributed by atoms with Gasteiger partial charge in [-0.15, -0.1) is 0 Å². The molecule has 2 heterocycles. The molecule has 6 heteroatoms. The number of nitrogens with one attached hydrogen (secondary N) is 3. The second kappa shape index (κ2) is 5.43. The Labute approximate surface area is 128 Å². The topological polar surface area (TPSA) is 62.4 Å². The Balaban J connectivity index is 1.32. The summed E-state index contributed by atoms with van der Waals surface area (Å²) in [5.74, 6) is 0.984. The van der Waals surface area contributed by atoms with Gasteiger partial charge in [0, 0.05) is 18.2 Å². The van der Waals surface area contributed by atoms with Crippen LogP contribution in [0, 0.1) is 11.7 Å². The highest BCUT2D eigenvalue weighted by Gasteiger charge is 2.40. The number of ether oxygens (including phenoxy) is 1. The van der Waals surface area contributed by atoms with Gasteiger partial charge in [0.2, 0.25) is 0 Å². The molecule has 2 bridgehead atoms. The first-order valence-corrected chi connectivity index (χ1v) is 7.89. The van der Waals surface area contributed by atoms with E-state index in [4.69, 9.17) is 4.74 Å². The molecule has 2 amide bonds. The highest BCUT2D eigenvalue weighted by Crippen LogP contribution is 2.31. The van der Waals surface area contributed by atoms with Crippen molar-refractivity contribution in [2.45, 2.75) is 37.4 Å². The maximum atomic E-state index is 13.1. The zero-order valence-electron chi connectivity index (χ0n) is 12.3. The Morgan fingerprint density at radius 2 is 2.23 bits per heavy atom. The molecule has 1 saturated heterocycles. The molecule has 0 aromatic heterocycles. The number of rotatable bonds is 2. The lowest BCUT2D eigenvalue weighted by Gasteiger charge is -2.28. The Kier molecular flexibility index (Phi) is 3.41. The number of urea groups is 1. The third-order valence-corrected chi connectivity index (χ3v) is 4.92. The zero-order valence-corrected chi connectivity index (χ0v) is 12.3. The van der Waals surface area contributed by atoms with Crippen molar-refractivity contribution in [3.05, 3.63) is 29.6 Å². The summed E-state index contributed by atoms with van der Waals surface area (Å²) in [7, 11) is 0. The van der Waals surface area contributed by atoms with Crippen LogP contribution in [0.15, 0.2) is 18.2 Å². The predicted octanol–water partition coefficient (Wildman–Crippen LogP) is 1.18. The molecule has 4 atom stereocenters. The molecule has 1 saturated carbocycles. The minimum Gasteiger partial charge on any atom is -0.491 e. The second-order valence-electron chi connectivity index (χ2n) is 6.54. The third-order valence-electron chi connectivity index (χ3n) is 4.92. The van der Waals surface area contributed by atoms with Gasteiger partial charge in [-0.1, -0.05) is 6.07 Å². The molecule has 1 unspecified atom stereocenters. The van der Waals surface area contributed by atoms with Crippen LogP contribution in [0.3, 0.4) is 0 Å². The number of carbonyl (C=O) groups excluding carboxylic acids is 1. The molecular weight excluding hydrogens is 285 g/mol. The molecule has 22 heavy (non-hydrogen) atoms. The van der Waals surface area contributed by atoms with Gasteiger partial charge in [-0.2, -0.15) is 0 Å². The van der Waals surface area contributed by atoms with Crippen LogP contribution >= 0.6 is 0 Å². The monoisotopic (exact) mass is 305 g/mol. The van der Waals surface area contributed by atoms with Crippen LogP contribution in [0.4, 0.5) is 9.18 Å². The quantitative estimate of drug-likeness (QED) is 0.769. The molecule has 2 fully saturated rings. The molecular formula is C16H20FN3O2. The van der Waals surface area contributed by atoms with Crippen LogP contribution in [0.5, 0.6) is 5.75 Å². The summed E-state index contributed by atoms with van der Waals surface area (Å²) in [6, 6.07) is 4.96. The number of halogens is 1. The molecule has 5 nitrogen and oxygen atoms in total. The molecule has 4 rings (SSSR count). The molecule has 118 valence electrons.